The number of urea groups is 2. The summed E-state index contributed by atoms with van der Waals surface area (Å²) in [5, 5.41) is 16.7. The Bertz CT molecular complexity index is 366. The molecule has 1 rings (SSSR count). The van der Waals surface area contributed by atoms with E-state index in [9.17, 15) is 14.4 Å². The van der Waals surface area contributed by atoms with Crippen molar-refractivity contribution in [2.45, 2.75) is 44.1 Å². The Morgan fingerprint density at radius 1 is 1.05 bits per heavy atom. The largest absolute Gasteiger partial charge is 0.481 e. The summed E-state index contributed by atoms with van der Waals surface area (Å²) in [5.74, 6) is -0.914. The molecule has 0 aromatic carbocycles. The third-order valence-electron chi connectivity index (χ3n) is 3.39. The highest BCUT2D eigenvalue weighted by atomic mass is 16.4. The lowest BCUT2D eigenvalue weighted by Gasteiger charge is -2.36. The Kier molecular flexibility index (Phi) is 6.08. The molecule has 0 aromatic rings. The van der Waals surface area contributed by atoms with Gasteiger partial charge in [0, 0.05) is 13.1 Å². The van der Waals surface area contributed by atoms with E-state index in [4.69, 9.17) is 10.8 Å². The molecule has 0 spiro atoms. The lowest BCUT2D eigenvalue weighted by Crippen LogP contribution is -2.55. The Labute approximate surface area is 117 Å². The topological polar surface area (TPSA) is 134 Å². The third kappa shape index (κ3) is 5.77. The van der Waals surface area contributed by atoms with Crippen molar-refractivity contribution in [3.8, 4) is 0 Å². The minimum atomic E-state index is -0.914. The molecule has 0 saturated heterocycles. The van der Waals surface area contributed by atoms with Crippen molar-refractivity contribution in [3.05, 3.63) is 0 Å². The van der Waals surface area contributed by atoms with Gasteiger partial charge in [0.25, 0.3) is 0 Å². The lowest BCUT2D eigenvalue weighted by molar-refractivity contribution is -0.139. The molecule has 0 unspecified atom stereocenters. The van der Waals surface area contributed by atoms with Crippen molar-refractivity contribution >= 4 is 18.0 Å². The lowest BCUT2D eigenvalue weighted by atomic mass is 9.79. The molecular formula is C12H22N4O4. The highest BCUT2D eigenvalue weighted by Gasteiger charge is 2.35. The van der Waals surface area contributed by atoms with Crippen LogP contribution in [0.5, 0.6) is 0 Å². The average molecular weight is 286 g/mol. The number of rotatable bonds is 6. The van der Waals surface area contributed by atoms with Gasteiger partial charge in [0.15, 0.2) is 0 Å². The summed E-state index contributed by atoms with van der Waals surface area (Å²) in [6, 6.07) is -1.07. The summed E-state index contributed by atoms with van der Waals surface area (Å²) in [4.78, 5) is 33.2. The molecule has 8 heteroatoms. The number of aliphatic carboxylic acids is 1. The molecule has 0 aromatic heterocycles. The summed E-state index contributed by atoms with van der Waals surface area (Å²) in [5.41, 5.74) is 4.23. The number of amides is 4. The Balaban J connectivity index is 2.41. The Morgan fingerprint density at radius 3 is 2.20 bits per heavy atom. The number of carboxylic acids is 1. The zero-order valence-corrected chi connectivity index (χ0v) is 11.4. The minimum Gasteiger partial charge on any atom is -0.481 e. The van der Waals surface area contributed by atoms with Crippen LogP contribution in [0.2, 0.25) is 0 Å². The standard InChI is InChI=1S/C12H22N4O4/c13-10(19)14-6-7-15-11(20)16-12(8-9(17)18)4-2-1-3-5-12/h1-8H2,(H,17,18)(H3,13,14,19)(H2,15,16,20). The van der Waals surface area contributed by atoms with E-state index < -0.39 is 23.6 Å². The number of carboxylic acid groups (broad SMARTS) is 1. The van der Waals surface area contributed by atoms with E-state index in [1.807, 2.05) is 0 Å². The second-order valence-electron chi connectivity index (χ2n) is 5.08. The molecule has 20 heavy (non-hydrogen) atoms. The van der Waals surface area contributed by atoms with Gasteiger partial charge in [-0.2, -0.15) is 0 Å². The van der Waals surface area contributed by atoms with E-state index in [1.54, 1.807) is 0 Å². The second kappa shape index (κ2) is 7.56. The maximum atomic E-state index is 11.8. The van der Waals surface area contributed by atoms with Gasteiger partial charge in [-0.15, -0.1) is 0 Å². The van der Waals surface area contributed by atoms with E-state index in [0.717, 1.165) is 19.3 Å². The third-order valence-corrected chi connectivity index (χ3v) is 3.39. The average Bonchev–Trinajstić information content (AvgIpc) is 2.34. The van der Waals surface area contributed by atoms with Crippen LogP contribution in [0.4, 0.5) is 9.59 Å². The highest BCUT2D eigenvalue weighted by molar-refractivity contribution is 5.77. The van der Waals surface area contributed by atoms with Gasteiger partial charge >= 0.3 is 18.0 Å². The van der Waals surface area contributed by atoms with Crippen LogP contribution < -0.4 is 21.7 Å². The van der Waals surface area contributed by atoms with Crippen LogP contribution in [0, 0.1) is 0 Å². The summed E-state index contributed by atoms with van der Waals surface area (Å²) in [6.45, 7) is 0.465. The number of hydrogen-bond acceptors (Lipinski definition) is 3. The molecule has 1 fully saturated rings. The van der Waals surface area contributed by atoms with E-state index in [1.165, 1.54) is 0 Å². The number of primary amides is 1. The van der Waals surface area contributed by atoms with E-state index in [-0.39, 0.29) is 19.5 Å². The first kappa shape index (κ1) is 16.1. The van der Waals surface area contributed by atoms with Gasteiger partial charge < -0.3 is 26.8 Å². The fourth-order valence-corrected chi connectivity index (χ4v) is 2.51. The smallest absolute Gasteiger partial charge is 0.315 e. The van der Waals surface area contributed by atoms with Crippen LogP contribution in [0.1, 0.15) is 38.5 Å². The first-order valence-corrected chi connectivity index (χ1v) is 6.75. The van der Waals surface area contributed by atoms with Gasteiger partial charge in [-0.25, -0.2) is 9.59 Å². The molecule has 114 valence electrons. The maximum absolute atomic E-state index is 11.8. The summed E-state index contributed by atoms with van der Waals surface area (Å²) < 4.78 is 0. The second-order valence-corrected chi connectivity index (χ2v) is 5.08. The molecular weight excluding hydrogens is 264 g/mol. The number of carbonyl (C=O) groups is 3. The zero-order valence-electron chi connectivity index (χ0n) is 11.4. The number of nitrogens with one attached hydrogen (secondary N) is 3. The SMILES string of the molecule is NC(=O)NCCNC(=O)NC1(CC(=O)O)CCCCC1. The molecule has 0 radical (unpaired) electrons. The van der Waals surface area contributed by atoms with Gasteiger partial charge in [0.05, 0.1) is 12.0 Å². The predicted molar refractivity (Wildman–Crippen MR) is 72.2 cm³/mol. The summed E-state index contributed by atoms with van der Waals surface area (Å²) >= 11 is 0. The zero-order chi connectivity index (χ0) is 15.0. The molecule has 0 heterocycles. The van der Waals surface area contributed by atoms with Gasteiger partial charge in [0.2, 0.25) is 0 Å². The number of nitrogens with two attached hydrogens (primary N) is 1. The fraction of sp³-hybridized carbons (Fsp3) is 0.750. The predicted octanol–water partition coefficient (Wildman–Crippen LogP) is 0.131. The van der Waals surface area contributed by atoms with Crippen LogP contribution >= 0.6 is 0 Å². The first-order valence-electron chi connectivity index (χ1n) is 6.75. The van der Waals surface area contributed by atoms with Gasteiger partial charge in [-0.05, 0) is 12.8 Å². The van der Waals surface area contributed by atoms with Crippen molar-refractivity contribution in [3.63, 3.8) is 0 Å². The summed E-state index contributed by atoms with van der Waals surface area (Å²) in [7, 11) is 0. The molecule has 0 aliphatic heterocycles. The maximum Gasteiger partial charge on any atom is 0.315 e. The van der Waals surface area contributed by atoms with Crippen LogP contribution in [0.15, 0.2) is 0 Å². The molecule has 0 bridgehead atoms. The first-order chi connectivity index (χ1) is 9.43. The van der Waals surface area contributed by atoms with Gasteiger partial charge in [-0.3, -0.25) is 4.79 Å². The van der Waals surface area contributed by atoms with E-state index in [2.05, 4.69) is 16.0 Å². The van der Waals surface area contributed by atoms with Crippen LogP contribution in [-0.4, -0.2) is 41.8 Å². The quantitative estimate of drug-likeness (QED) is 0.444. The van der Waals surface area contributed by atoms with Crippen molar-refractivity contribution < 1.29 is 19.5 Å². The normalized spacial score (nSPS) is 17.0. The van der Waals surface area contributed by atoms with Gasteiger partial charge in [-0.1, -0.05) is 19.3 Å². The molecule has 4 amide bonds. The highest BCUT2D eigenvalue weighted by Crippen LogP contribution is 2.31. The van der Waals surface area contributed by atoms with Crippen molar-refractivity contribution in [2.75, 3.05) is 13.1 Å². The van der Waals surface area contributed by atoms with Crippen LogP contribution in [-0.2, 0) is 4.79 Å². The molecule has 8 nitrogen and oxygen atoms in total. The molecule has 0 atom stereocenters. The van der Waals surface area contributed by atoms with Crippen LogP contribution in [0.25, 0.3) is 0 Å². The van der Waals surface area contributed by atoms with Crippen molar-refractivity contribution in [1.82, 2.24) is 16.0 Å². The molecule has 6 N–H and O–H groups in total. The number of carbonyl (C=O) groups excluding carboxylic acids is 2. The Morgan fingerprint density at radius 2 is 1.65 bits per heavy atom. The van der Waals surface area contributed by atoms with E-state index in [0.29, 0.717) is 12.8 Å². The molecule has 1 saturated carbocycles. The monoisotopic (exact) mass is 286 g/mol. The van der Waals surface area contributed by atoms with E-state index >= 15 is 0 Å². The minimum absolute atomic E-state index is 0.0695. The molecule has 1 aliphatic rings. The van der Waals surface area contributed by atoms with Crippen molar-refractivity contribution in [2.24, 2.45) is 5.73 Å². The van der Waals surface area contributed by atoms with Crippen LogP contribution in [0.3, 0.4) is 0 Å². The number of hydrogen-bond donors (Lipinski definition) is 5. The fourth-order valence-electron chi connectivity index (χ4n) is 2.51. The van der Waals surface area contributed by atoms with Crippen molar-refractivity contribution in [1.29, 1.82) is 0 Å². The summed E-state index contributed by atoms with van der Waals surface area (Å²) in [6.07, 6.45) is 4.17. The van der Waals surface area contributed by atoms with Gasteiger partial charge in [0.1, 0.15) is 0 Å². The Hall–Kier alpha value is -1.99. The molecule has 1 aliphatic carbocycles.